The highest BCUT2D eigenvalue weighted by Crippen LogP contribution is 2.23. The molecule has 0 aromatic heterocycles. The third kappa shape index (κ3) is 3.48. The van der Waals surface area contributed by atoms with Crippen molar-refractivity contribution in [3.05, 3.63) is 33.3 Å². The van der Waals surface area contributed by atoms with Crippen molar-refractivity contribution in [2.45, 2.75) is 13.0 Å². The Bertz CT molecular complexity index is 370. The molecule has 0 aliphatic rings. The van der Waals surface area contributed by atoms with E-state index in [9.17, 15) is 4.79 Å². The molecular formula is C10H11BrClNO2. The summed E-state index contributed by atoms with van der Waals surface area (Å²) in [6.07, 6.45) is 0. The van der Waals surface area contributed by atoms with Crippen molar-refractivity contribution in [2.24, 2.45) is 0 Å². The molecule has 0 spiro atoms. The largest absolute Gasteiger partial charge is 0.394 e. The summed E-state index contributed by atoms with van der Waals surface area (Å²) in [6.45, 7) is 1.63. The maximum absolute atomic E-state index is 11.6. The van der Waals surface area contributed by atoms with Gasteiger partial charge in [-0.25, -0.2) is 0 Å². The Morgan fingerprint density at radius 2 is 2.33 bits per heavy atom. The van der Waals surface area contributed by atoms with Crippen molar-refractivity contribution in [1.82, 2.24) is 5.32 Å². The summed E-state index contributed by atoms with van der Waals surface area (Å²) in [5.41, 5.74) is 0.475. The molecule has 3 nitrogen and oxygen atoms in total. The van der Waals surface area contributed by atoms with Crippen LogP contribution in [0.4, 0.5) is 0 Å². The van der Waals surface area contributed by atoms with Gasteiger partial charge in [-0.15, -0.1) is 0 Å². The molecule has 2 N–H and O–H groups in total. The lowest BCUT2D eigenvalue weighted by atomic mass is 10.2. The van der Waals surface area contributed by atoms with E-state index in [1.54, 1.807) is 25.1 Å². The van der Waals surface area contributed by atoms with Crippen LogP contribution in [-0.4, -0.2) is 23.7 Å². The number of carbonyl (C=O) groups excluding carboxylic acids is 1. The fourth-order valence-electron chi connectivity index (χ4n) is 0.990. The average Bonchev–Trinajstić information content (AvgIpc) is 2.21. The summed E-state index contributed by atoms with van der Waals surface area (Å²) in [4.78, 5) is 11.6. The number of aliphatic hydroxyl groups excluding tert-OH is 1. The fraction of sp³-hybridized carbons (Fsp3) is 0.300. The van der Waals surface area contributed by atoms with Crippen LogP contribution in [0.2, 0.25) is 5.02 Å². The predicted octanol–water partition coefficient (Wildman–Crippen LogP) is 2.21. The van der Waals surface area contributed by atoms with Crippen LogP contribution in [-0.2, 0) is 0 Å². The van der Waals surface area contributed by atoms with E-state index >= 15 is 0 Å². The lowest BCUT2D eigenvalue weighted by molar-refractivity contribution is 0.0922. The molecule has 5 heteroatoms. The van der Waals surface area contributed by atoms with E-state index < -0.39 is 0 Å². The van der Waals surface area contributed by atoms with E-state index in [-0.39, 0.29) is 18.6 Å². The number of carbonyl (C=O) groups is 1. The summed E-state index contributed by atoms with van der Waals surface area (Å²) in [7, 11) is 0. The molecule has 1 atom stereocenters. The highest BCUT2D eigenvalue weighted by Gasteiger charge is 2.10. The SMILES string of the molecule is CC(CO)NC(=O)c1ccc(Br)c(Cl)c1. The first kappa shape index (κ1) is 12.5. The van der Waals surface area contributed by atoms with E-state index in [0.29, 0.717) is 10.6 Å². The molecule has 0 saturated carbocycles. The van der Waals surface area contributed by atoms with Crippen LogP contribution < -0.4 is 5.32 Å². The second kappa shape index (κ2) is 5.49. The van der Waals surface area contributed by atoms with Crippen molar-refractivity contribution in [1.29, 1.82) is 0 Å². The standard InChI is InChI=1S/C10H11BrClNO2/c1-6(5-14)13-10(15)7-2-3-8(11)9(12)4-7/h2-4,6,14H,5H2,1H3,(H,13,15). The number of hydrogen-bond donors (Lipinski definition) is 2. The number of halogens is 2. The number of benzene rings is 1. The van der Waals surface area contributed by atoms with E-state index in [4.69, 9.17) is 16.7 Å². The Morgan fingerprint density at radius 3 is 2.87 bits per heavy atom. The van der Waals surface area contributed by atoms with Crippen LogP contribution in [0.25, 0.3) is 0 Å². The van der Waals surface area contributed by atoms with Gasteiger partial charge in [0.1, 0.15) is 0 Å². The van der Waals surface area contributed by atoms with Gasteiger partial charge in [-0.2, -0.15) is 0 Å². The van der Waals surface area contributed by atoms with Crippen molar-refractivity contribution >= 4 is 33.4 Å². The second-order valence-corrected chi connectivity index (χ2v) is 4.45. The highest BCUT2D eigenvalue weighted by molar-refractivity contribution is 9.10. The molecule has 15 heavy (non-hydrogen) atoms. The first-order chi connectivity index (χ1) is 7.04. The van der Waals surface area contributed by atoms with Crippen LogP contribution in [0.1, 0.15) is 17.3 Å². The molecule has 0 aliphatic heterocycles. The number of nitrogens with one attached hydrogen (secondary N) is 1. The van der Waals surface area contributed by atoms with Crippen LogP contribution in [0.5, 0.6) is 0 Å². The molecule has 1 amide bonds. The third-order valence-electron chi connectivity index (χ3n) is 1.83. The summed E-state index contributed by atoms with van der Waals surface area (Å²) in [6, 6.07) is 4.68. The predicted molar refractivity (Wildman–Crippen MR) is 63.2 cm³/mol. The molecule has 1 rings (SSSR count). The smallest absolute Gasteiger partial charge is 0.251 e. The first-order valence-corrected chi connectivity index (χ1v) is 5.58. The quantitative estimate of drug-likeness (QED) is 0.897. The Morgan fingerprint density at radius 1 is 1.67 bits per heavy atom. The molecule has 0 saturated heterocycles. The van der Waals surface area contributed by atoms with Gasteiger partial charge in [0.25, 0.3) is 5.91 Å². The van der Waals surface area contributed by atoms with E-state index in [2.05, 4.69) is 21.2 Å². The molecule has 0 radical (unpaired) electrons. The number of hydrogen-bond acceptors (Lipinski definition) is 2. The summed E-state index contributed by atoms with van der Waals surface area (Å²) >= 11 is 9.09. The molecule has 0 heterocycles. The summed E-state index contributed by atoms with van der Waals surface area (Å²) in [5.74, 6) is -0.244. The molecule has 0 bridgehead atoms. The van der Waals surface area contributed by atoms with Gasteiger partial charge in [0.15, 0.2) is 0 Å². The minimum absolute atomic E-state index is 0.0873. The van der Waals surface area contributed by atoms with E-state index in [0.717, 1.165) is 4.47 Å². The third-order valence-corrected chi connectivity index (χ3v) is 3.07. The minimum Gasteiger partial charge on any atom is -0.394 e. The molecular weight excluding hydrogens is 281 g/mol. The Hall–Kier alpha value is -0.580. The molecule has 1 unspecified atom stereocenters. The fourth-order valence-corrected chi connectivity index (χ4v) is 1.42. The molecule has 1 aromatic rings. The molecule has 1 aromatic carbocycles. The summed E-state index contributed by atoms with van der Waals surface area (Å²) < 4.78 is 0.746. The number of rotatable bonds is 3. The molecule has 0 fully saturated rings. The van der Waals surface area contributed by atoms with Gasteiger partial charge in [-0.05, 0) is 41.1 Å². The van der Waals surface area contributed by atoms with Crippen molar-refractivity contribution in [3.8, 4) is 0 Å². The van der Waals surface area contributed by atoms with Gasteiger partial charge < -0.3 is 10.4 Å². The van der Waals surface area contributed by atoms with Gasteiger partial charge >= 0.3 is 0 Å². The molecule has 82 valence electrons. The lowest BCUT2D eigenvalue weighted by Gasteiger charge is -2.10. The van der Waals surface area contributed by atoms with Gasteiger partial charge in [-0.1, -0.05) is 11.6 Å². The van der Waals surface area contributed by atoms with E-state index in [1.807, 2.05) is 0 Å². The zero-order valence-electron chi connectivity index (χ0n) is 8.13. The average molecular weight is 293 g/mol. The van der Waals surface area contributed by atoms with Crippen molar-refractivity contribution < 1.29 is 9.90 Å². The first-order valence-electron chi connectivity index (χ1n) is 4.41. The number of aliphatic hydroxyl groups is 1. The lowest BCUT2D eigenvalue weighted by Crippen LogP contribution is -2.34. The van der Waals surface area contributed by atoms with Gasteiger partial charge in [0.2, 0.25) is 0 Å². The zero-order valence-corrected chi connectivity index (χ0v) is 10.5. The van der Waals surface area contributed by atoms with Gasteiger partial charge in [-0.3, -0.25) is 4.79 Å². The van der Waals surface area contributed by atoms with Crippen LogP contribution in [0.15, 0.2) is 22.7 Å². The van der Waals surface area contributed by atoms with Crippen molar-refractivity contribution in [2.75, 3.05) is 6.61 Å². The van der Waals surface area contributed by atoms with Crippen LogP contribution in [0.3, 0.4) is 0 Å². The highest BCUT2D eigenvalue weighted by atomic mass is 79.9. The van der Waals surface area contributed by atoms with E-state index in [1.165, 1.54) is 0 Å². The maximum Gasteiger partial charge on any atom is 0.251 e. The minimum atomic E-state index is -0.264. The van der Waals surface area contributed by atoms with Gasteiger partial charge in [0, 0.05) is 16.1 Å². The second-order valence-electron chi connectivity index (χ2n) is 3.19. The molecule has 0 aliphatic carbocycles. The van der Waals surface area contributed by atoms with Crippen LogP contribution >= 0.6 is 27.5 Å². The monoisotopic (exact) mass is 291 g/mol. The topological polar surface area (TPSA) is 49.3 Å². The van der Waals surface area contributed by atoms with Crippen molar-refractivity contribution in [3.63, 3.8) is 0 Å². The van der Waals surface area contributed by atoms with Gasteiger partial charge in [0.05, 0.1) is 11.6 Å². The number of amides is 1. The Labute approximate surface area is 102 Å². The van der Waals surface area contributed by atoms with Crippen LogP contribution in [0, 0.1) is 0 Å². The maximum atomic E-state index is 11.6. The normalized spacial score (nSPS) is 12.3. The summed E-state index contributed by atoms with van der Waals surface area (Å²) in [5, 5.41) is 11.9. The Balaban J connectivity index is 2.78. The zero-order chi connectivity index (χ0) is 11.4. The Kier molecular flexibility index (Phi) is 4.57.